The lowest BCUT2D eigenvalue weighted by molar-refractivity contribution is -0.130. The number of hydrogen-bond donors (Lipinski definition) is 1. The van der Waals surface area contributed by atoms with E-state index in [1.165, 1.54) is 5.56 Å². The molecule has 1 aromatic rings. The average Bonchev–Trinajstić information content (AvgIpc) is 3.08. The molecule has 5 heteroatoms. The van der Waals surface area contributed by atoms with Crippen LogP contribution in [0.2, 0.25) is 0 Å². The number of benzene rings is 1. The van der Waals surface area contributed by atoms with E-state index >= 15 is 0 Å². The van der Waals surface area contributed by atoms with E-state index < -0.39 is 0 Å². The normalized spacial score (nSPS) is 21.7. The first-order valence-electron chi connectivity index (χ1n) is 9.91. The number of piperidine rings is 1. The maximum atomic E-state index is 12.3. The first-order valence-corrected chi connectivity index (χ1v) is 9.91. The highest BCUT2D eigenvalue weighted by Crippen LogP contribution is 2.22. The predicted molar refractivity (Wildman–Crippen MR) is 102 cm³/mol. The standard InChI is InChI=1S/C21H31N3O2/c1-17(25)24-13-9-18(10-14-24)7-8-21(26)22-20-11-12-23(16-20)15-19-5-3-2-4-6-19/h2-6,18,20H,7-16H2,1H3,(H,22,26)/t20-/m0/s1. The van der Waals surface area contributed by atoms with Crippen LogP contribution in [0.3, 0.4) is 0 Å². The van der Waals surface area contributed by atoms with Crippen molar-refractivity contribution in [2.24, 2.45) is 5.92 Å². The number of nitrogens with one attached hydrogen (secondary N) is 1. The molecule has 2 heterocycles. The fourth-order valence-electron chi connectivity index (χ4n) is 4.11. The van der Waals surface area contributed by atoms with Crippen LogP contribution in [0.4, 0.5) is 0 Å². The van der Waals surface area contributed by atoms with Crippen molar-refractivity contribution in [3.63, 3.8) is 0 Å². The summed E-state index contributed by atoms with van der Waals surface area (Å²) in [7, 11) is 0. The molecule has 2 amide bonds. The van der Waals surface area contributed by atoms with Crippen molar-refractivity contribution >= 4 is 11.8 Å². The van der Waals surface area contributed by atoms with Gasteiger partial charge in [0.25, 0.3) is 0 Å². The van der Waals surface area contributed by atoms with Gasteiger partial charge >= 0.3 is 0 Å². The van der Waals surface area contributed by atoms with Crippen LogP contribution >= 0.6 is 0 Å². The number of hydrogen-bond acceptors (Lipinski definition) is 3. The summed E-state index contributed by atoms with van der Waals surface area (Å²) >= 11 is 0. The number of rotatable bonds is 6. The fourth-order valence-corrected chi connectivity index (χ4v) is 4.11. The largest absolute Gasteiger partial charge is 0.352 e. The Balaban J connectivity index is 1.32. The molecule has 2 fully saturated rings. The molecule has 1 atom stereocenters. The third-order valence-electron chi connectivity index (χ3n) is 5.73. The van der Waals surface area contributed by atoms with Gasteiger partial charge < -0.3 is 10.2 Å². The molecular formula is C21H31N3O2. The van der Waals surface area contributed by atoms with E-state index in [-0.39, 0.29) is 17.9 Å². The fraction of sp³-hybridized carbons (Fsp3) is 0.619. The Labute approximate surface area is 156 Å². The average molecular weight is 357 g/mol. The molecule has 2 saturated heterocycles. The van der Waals surface area contributed by atoms with Gasteiger partial charge in [0.2, 0.25) is 11.8 Å². The summed E-state index contributed by atoms with van der Waals surface area (Å²) in [6.45, 7) is 6.27. The van der Waals surface area contributed by atoms with Crippen LogP contribution in [-0.4, -0.2) is 53.8 Å². The van der Waals surface area contributed by atoms with E-state index in [9.17, 15) is 9.59 Å². The second-order valence-electron chi connectivity index (χ2n) is 7.76. The lowest BCUT2D eigenvalue weighted by atomic mass is 9.92. The molecule has 3 rings (SSSR count). The topological polar surface area (TPSA) is 52.7 Å². The van der Waals surface area contributed by atoms with Gasteiger partial charge in [0.15, 0.2) is 0 Å². The van der Waals surface area contributed by atoms with Crippen LogP contribution in [0.25, 0.3) is 0 Å². The maximum Gasteiger partial charge on any atom is 0.220 e. The van der Waals surface area contributed by atoms with Gasteiger partial charge in [-0.05, 0) is 37.2 Å². The Kier molecular flexibility index (Phi) is 6.67. The molecule has 2 aliphatic heterocycles. The summed E-state index contributed by atoms with van der Waals surface area (Å²) in [6, 6.07) is 10.8. The maximum absolute atomic E-state index is 12.3. The molecule has 0 unspecified atom stereocenters. The first-order chi connectivity index (χ1) is 12.6. The Morgan fingerprint density at radius 3 is 2.50 bits per heavy atom. The van der Waals surface area contributed by atoms with Gasteiger partial charge in [-0.15, -0.1) is 0 Å². The van der Waals surface area contributed by atoms with Crippen molar-refractivity contribution in [3.05, 3.63) is 35.9 Å². The van der Waals surface area contributed by atoms with Crippen molar-refractivity contribution in [1.82, 2.24) is 15.1 Å². The van der Waals surface area contributed by atoms with Crippen LogP contribution < -0.4 is 5.32 Å². The van der Waals surface area contributed by atoms with Gasteiger partial charge in [-0.3, -0.25) is 14.5 Å². The van der Waals surface area contributed by atoms with Crippen molar-refractivity contribution in [3.8, 4) is 0 Å². The second kappa shape index (κ2) is 9.17. The van der Waals surface area contributed by atoms with Gasteiger partial charge in [-0.2, -0.15) is 0 Å². The highest BCUT2D eigenvalue weighted by Gasteiger charge is 2.25. The van der Waals surface area contributed by atoms with Crippen molar-refractivity contribution in [2.75, 3.05) is 26.2 Å². The predicted octanol–water partition coefficient (Wildman–Crippen LogP) is 2.42. The van der Waals surface area contributed by atoms with E-state index in [0.717, 1.165) is 58.4 Å². The minimum Gasteiger partial charge on any atom is -0.352 e. The lowest BCUT2D eigenvalue weighted by Gasteiger charge is -2.31. The van der Waals surface area contributed by atoms with Crippen LogP contribution in [-0.2, 0) is 16.1 Å². The first kappa shape index (κ1) is 18.9. The Bertz CT molecular complexity index is 597. The quantitative estimate of drug-likeness (QED) is 0.851. The Hall–Kier alpha value is -1.88. The molecule has 0 radical (unpaired) electrons. The zero-order valence-electron chi connectivity index (χ0n) is 15.8. The molecule has 2 aliphatic rings. The van der Waals surface area contributed by atoms with Crippen molar-refractivity contribution < 1.29 is 9.59 Å². The number of likely N-dealkylation sites (tertiary alicyclic amines) is 2. The van der Waals surface area contributed by atoms with Crippen LogP contribution in [0.5, 0.6) is 0 Å². The highest BCUT2D eigenvalue weighted by atomic mass is 16.2. The Morgan fingerprint density at radius 2 is 1.81 bits per heavy atom. The van der Waals surface area contributed by atoms with Gasteiger partial charge in [0.05, 0.1) is 0 Å². The van der Waals surface area contributed by atoms with Crippen LogP contribution in [0.1, 0.15) is 44.6 Å². The van der Waals surface area contributed by atoms with Gasteiger partial charge in [-0.1, -0.05) is 30.3 Å². The number of amides is 2. The molecule has 5 nitrogen and oxygen atoms in total. The highest BCUT2D eigenvalue weighted by molar-refractivity contribution is 5.76. The number of carbonyl (C=O) groups is 2. The number of nitrogens with zero attached hydrogens (tertiary/aromatic N) is 2. The van der Waals surface area contributed by atoms with Gasteiger partial charge in [-0.25, -0.2) is 0 Å². The monoisotopic (exact) mass is 357 g/mol. The third-order valence-corrected chi connectivity index (χ3v) is 5.73. The third kappa shape index (κ3) is 5.56. The van der Waals surface area contributed by atoms with E-state index in [2.05, 4.69) is 34.5 Å². The van der Waals surface area contributed by atoms with Gasteiger partial charge in [0.1, 0.15) is 0 Å². The molecule has 26 heavy (non-hydrogen) atoms. The minimum absolute atomic E-state index is 0.169. The van der Waals surface area contributed by atoms with E-state index in [1.54, 1.807) is 6.92 Å². The lowest BCUT2D eigenvalue weighted by Crippen LogP contribution is -2.38. The van der Waals surface area contributed by atoms with Gasteiger partial charge in [0, 0.05) is 52.1 Å². The summed E-state index contributed by atoms with van der Waals surface area (Å²) in [5.74, 6) is 0.933. The molecular weight excluding hydrogens is 326 g/mol. The zero-order valence-corrected chi connectivity index (χ0v) is 15.8. The molecule has 1 aromatic carbocycles. The minimum atomic E-state index is 0.169. The SMILES string of the molecule is CC(=O)N1CCC(CCC(=O)N[C@H]2CCN(Cc3ccccc3)C2)CC1. The van der Waals surface area contributed by atoms with E-state index in [1.807, 2.05) is 11.0 Å². The molecule has 142 valence electrons. The molecule has 0 aromatic heterocycles. The van der Waals surface area contributed by atoms with E-state index in [0.29, 0.717) is 12.3 Å². The summed E-state index contributed by atoms with van der Waals surface area (Å²) in [4.78, 5) is 28.0. The molecule has 0 aliphatic carbocycles. The summed E-state index contributed by atoms with van der Waals surface area (Å²) in [5.41, 5.74) is 1.33. The Morgan fingerprint density at radius 1 is 1.08 bits per heavy atom. The second-order valence-corrected chi connectivity index (χ2v) is 7.76. The van der Waals surface area contributed by atoms with Crippen molar-refractivity contribution in [1.29, 1.82) is 0 Å². The van der Waals surface area contributed by atoms with Crippen LogP contribution in [0, 0.1) is 5.92 Å². The smallest absolute Gasteiger partial charge is 0.220 e. The summed E-state index contributed by atoms with van der Waals surface area (Å²) in [6.07, 6.45) is 4.65. The molecule has 0 saturated carbocycles. The molecule has 0 spiro atoms. The molecule has 1 N–H and O–H groups in total. The van der Waals surface area contributed by atoms with E-state index in [4.69, 9.17) is 0 Å². The summed E-state index contributed by atoms with van der Waals surface area (Å²) in [5, 5.41) is 3.22. The molecule has 0 bridgehead atoms. The van der Waals surface area contributed by atoms with Crippen LogP contribution in [0.15, 0.2) is 30.3 Å². The summed E-state index contributed by atoms with van der Waals surface area (Å²) < 4.78 is 0. The van der Waals surface area contributed by atoms with Crippen molar-refractivity contribution in [2.45, 2.75) is 51.6 Å². The number of carbonyl (C=O) groups excluding carboxylic acids is 2. The zero-order chi connectivity index (χ0) is 18.4.